The molecule has 1 saturated heterocycles. The number of carbonyl (C=O) groups excluding carboxylic acids is 1. The fourth-order valence-corrected chi connectivity index (χ4v) is 1.89. The van der Waals surface area contributed by atoms with E-state index in [0.717, 1.165) is 6.42 Å². The van der Waals surface area contributed by atoms with Crippen LogP contribution in [0.5, 0.6) is 0 Å². The summed E-state index contributed by atoms with van der Waals surface area (Å²) in [5.41, 5.74) is -0.442. The number of aliphatic hydroxyl groups is 1. The Morgan fingerprint density at radius 2 is 2.12 bits per heavy atom. The van der Waals surface area contributed by atoms with E-state index >= 15 is 0 Å². The molecule has 1 unspecified atom stereocenters. The smallest absolute Gasteiger partial charge is 0.220 e. The van der Waals surface area contributed by atoms with Gasteiger partial charge in [0, 0.05) is 19.6 Å². The number of ether oxygens (including phenoxy) is 1. The molecule has 1 aliphatic heterocycles. The Morgan fingerprint density at radius 3 is 2.62 bits per heavy atom. The molecule has 1 rings (SSSR count). The second kappa shape index (κ2) is 6.21. The molecule has 0 bridgehead atoms. The monoisotopic (exact) mass is 229 g/mol. The van der Waals surface area contributed by atoms with Crippen molar-refractivity contribution in [1.29, 1.82) is 0 Å². The van der Waals surface area contributed by atoms with Crippen molar-refractivity contribution in [1.82, 2.24) is 5.32 Å². The van der Waals surface area contributed by atoms with Gasteiger partial charge in [-0.25, -0.2) is 0 Å². The molecule has 1 atom stereocenters. The van der Waals surface area contributed by atoms with Crippen LogP contribution in [0.1, 0.15) is 39.5 Å². The van der Waals surface area contributed by atoms with Gasteiger partial charge in [0.05, 0.1) is 12.1 Å². The summed E-state index contributed by atoms with van der Waals surface area (Å²) in [7, 11) is 0. The van der Waals surface area contributed by atoms with Crippen LogP contribution in [0.2, 0.25) is 0 Å². The molecule has 0 aliphatic carbocycles. The number of hydrogen-bond acceptors (Lipinski definition) is 3. The van der Waals surface area contributed by atoms with Crippen molar-refractivity contribution in [2.24, 2.45) is 5.92 Å². The molecule has 4 nitrogen and oxygen atoms in total. The van der Waals surface area contributed by atoms with Crippen molar-refractivity contribution in [3.8, 4) is 0 Å². The Labute approximate surface area is 97.4 Å². The minimum Gasteiger partial charge on any atom is -0.394 e. The van der Waals surface area contributed by atoms with E-state index in [1.165, 1.54) is 0 Å². The first kappa shape index (κ1) is 13.5. The highest BCUT2D eigenvalue weighted by Gasteiger charge is 2.33. The Hall–Kier alpha value is -0.610. The Bertz CT molecular complexity index is 224. The van der Waals surface area contributed by atoms with Crippen molar-refractivity contribution in [2.75, 3.05) is 19.8 Å². The molecule has 94 valence electrons. The highest BCUT2D eigenvalue weighted by atomic mass is 16.5. The first-order valence-electron chi connectivity index (χ1n) is 6.11. The van der Waals surface area contributed by atoms with Crippen LogP contribution in [0.4, 0.5) is 0 Å². The molecule has 1 aliphatic rings. The predicted molar refractivity (Wildman–Crippen MR) is 62.1 cm³/mol. The van der Waals surface area contributed by atoms with Gasteiger partial charge < -0.3 is 15.2 Å². The number of amides is 1. The van der Waals surface area contributed by atoms with E-state index in [-0.39, 0.29) is 12.5 Å². The first-order valence-corrected chi connectivity index (χ1v) is 6.11. The minimum absolute atomic E-state index is 0.00259. The summed E-state index contributed by atoms with van der Waals surface area (Å²) in [4.78, 5) is 11.8. The van der Waals surface area contributed by atoms with E-state index in [1.807, 2.05) is 0 Å². The molecule has 1 amide bonds. The zero-order valence-corrected chi connectivity index (χ0v) is 10.3. The molecular weight excluding hydrogens is 206 g/mol. The van der Waals surface area contributed by atoms with E-state index in [1.54, 1.807) is 0 Å². The van der Waals surface area contributed by atoms with Crippen LogP contribution in [0.25, 0.3) is 0 Å². The molecule has 0 aromatic rings. The third-order valence-corrected chi connectivity index (χ3v) is 3.39. The van der Waals surface area contributed by atoms with Gasteiger partial charge in [0.2, 0.25) is 5.91 Å². The summed E-state index contributed by atoms with van der Waals surface area (Å²) in [5, 5.41) is 12.4. The lowest BCUT2D eigenvalue weighted by Crippen LogP contribution is -2.54. The second-order valence-electron chi connectivity index (χ2n) is 4.82. The van der Waals surface area contributed by atoms with Gasteiger partial charge in [-0.1, -0.05) is 20.3 Å². The molecule has 0 radical (unpaired) electrons. The topological polar surface area (TPSA) is 58.6 Å². The Kier molecular flexibility index (Phi) is 5.22. The molecule has 0 aromatic carbocycles. The minimum atomic E-state index is -0.442. The van der Waals surface area contributed by atoms with E-state index in [2.05, 4.69) is 19.2 Å². The first-order chi connectivity index (χ1) is 7.62. The fraction of sp³-hybridized carbons (Fsp3) is 0.917. The zero-order chi connectivity index (χ0) is 12.0. The van der Waals surface area contributed by atoms with Gasteiger partial charge in [-0.05, 0) is 18.8 Å². The maximum Gasteiger partial charge on any atom is 0.220 e. The van der Waals surface area contributed by atoms with Gasteiger partial charge in [-0.15, -0.1) is 0 Å². The number of carbonyl (C=O) groups is 1. The third kappa shape index (κ3) is 3.76. The van der Waals surface area contributed by atoms with Gasteiger partial charge >= 0.3 is 0 Å². The summed E-state index contributed by atoms with van der Waals surface area (Å²) in [6, 6.07) is 0. The molecule has 1 fully saturated rings. The molecule has 16 heavy (non-hydrogen) atoms. The van der Waals surface area contributed by atoms with E-state index in [0.29, 0.717) is 38.4 Å². The predicted octanol–water partition coefficient (Wildman–Crippen LogP) is 1.08. The highest BCUT2D eigenvalue weighted by molar-refractivity contribution is 5.77. The summed E-state index contributed by atoms with van der Waals surface area (Å²) in [5.74, 6) is 0.445. The van der Waals surface area contributed by atoms with Crippen LogP contribution < -0.4 is 5.32 Å². The summed E-state index contributed by atoms with van der Waals surface area (Å²) in [6.07, 6.45) is 2.95. The maximum absolute atomic E-state index is 11.8. The Morgan fingerprint density at radius 1 is 1.50 bits per heavy atom. The highest BCUT2D eigenvalue weighted by Crippen LogP contribution is 2.20. The van der Waals surface area contributed by atoms with Crippen LogP contribution in [0.3, 0.4) is 0 Å². The summed E-state index contributed by atoms with van der Waals surface area (Å²) < 4.78 is 5.25. The average molecular weight is 229 g/mol. The number of hydrogen-bond donors (Lipinski definition) is 2. The van der Waals surface area contributed by atoms with Crippen LogP contribution in [-0.4, -0.2) is 36.4 Å². The lowest BCUT2D eigenvalue weighted by Gasteiger charge is -2.36. The molecule has 1 heterocycles. The van der Waals surface area contributed by atoms with E-state index in [4.69, 9.17) is 4.74 Å². The number of nitrogens with one attached hydrogen (secondary N) is 1. The van der Waals surface area contributed by atoms with Crippen LogP contribution in [0.15, 0.2) is 0 Å². The van der Waals surface area contributed by atoms with Gasteiger partial charge in [0.1, 0.15) is 0 Å². The standard InChI is InChI=1S/C12H23NO3/c1-3-10(2)8-11(15)13-12(9-14)4-6-16-7-5-12/h10,14H,3-9H2,1-2H3,(H,13,15). The summed E-state index contributed by atoms with van der Waals surface area (Å²) in [6.45, 7) is 5.38. The van der Waals surface area contributed by atoms with Crippen molar-refractivity contribution >= 4 is 5.91 Å². The summed E-state index contributed by atoms with van der Waals surface area (Å²) >= 11 is 0. The zero-order valence-electron chi connectivity index (χ0n) is 10.3. The van der Waals surface area contributed by atoms with E-state index in [9.17, 15) is 9.90 Å². The normalized spacial score (nSPS) is 21.4. The molecule has 0 spiro atoms. The fourth-order valence-electron chi connectivity index (χ4n) is 1.89. The van der Waals surface area contributed by atoms with Crippen LogP contribution >= 0.6 is 0 Å². The lowest BCUT2D eigenvalue weighted by molar-refractivity contribution is -0.126. The Balaban J connectivity index is 2.45. The third-order valence-electron chi connectivity index (χ3n) is 3.39. The van der Waals surface area contributed by atoms with Crippen molar-refractivity contribution in [3.63, 3.8) is 0 Å². The van der Waals surface area contributed by atoms with Crippen molar-refractivity contribution < 1.29 is 14.6 Å². The molecule has 4 heteroatoms. The molecule has 2 N–H and O–H groups in total. The van der Waals surface area contributed by atoms with E-state index < -0.39 is 5.54 Å². The molecule has 0 aromatic heterocycles. The largest absolute Gasteiger partial charge is 0.394 e. The van der Waals surface area contributed by atoms with Crippen LogP contribution in [-0.2, 0) is 9.53 Å². The van der Waals surface area contributed by atoms with Crippen LogP contribution in [0, 0.1) is 5.92 Å². The quantitative estimate of drug-likeness (QED) is 0.741. The van der Waals surface area contributed by atoms with Gasteiger partial charge in [0.25, 0.3) is 0 Å². The van der Waals surface area contributed by atoms with Gasteiger partial charge in [0.15, 0.2) is 0 Å². The average Bonchev–Trinajstić information content (AvgIpc) is 2.29. The lowest BCUT2D eigenvalue weighted by atomic mass is 9.90. The van der Waals surface area contributed by atoms with Gasteiger partial charge in [-0.2, -0.15) is 0 Å². The maximum atomic E-state index is 11.8. The number of rotatable bonds is 5. The SMILES string of the molecule is CCC(C)CC(=O)NC1(CO)CCOCC1. The molecule has 0 saturated carbocycles. The van der Waals surface area contributed by atoms with Crippen molar-refractivity contribution in [2.45, 2.75) is 45.1 Å². The van der Waals surface area contributed by atoms with Crippen molar-refractivity contribution in [3.05, 3.63) is 0 Å². The second-order valence-corrected chi connectivity index (χ2v) is 4.82. The molecular formula is C12H23NO3. The van der Waals surface area contributed by atoms with Gasteiger partial charge in [-0.3, -0.25) is 4.79 Å². The number of aliphatic hydroxyl groups excluding tert-OH is 1.